The molecule has 4 nitrogen and oxygen atoms in total. The third kappa shape index (κ3) is 2.64. The van der Waals surface area contributed by atoms with E-state index < -0.39 is 0 Å². The molecule has 0 unspecified atom stereocenters. The predicted octanol–water partition coefficient (Wildman–Crippen LogP) is 1.74. The van der Waals surface area contributed by atoms with E-state index in [9.17, 15) is 0 Å². The molecule has 1 fully saturated rings. The molecule has 0 aliphatic carbocycles. The van der Waals surface area contributed by atoms with Gasteiger partial charge in [0, 0.05) is 39.5 Å². The first-order valence-corrected chi connectivity index (χ1v) is 5.73. The average molecular weight is 221 g/mol. The lowest BCUT2D eigenvalue weighted by molar-refractivity contribution is 0.0904. The summed E-state index contributed by atoms with van der Waals surface area (Å²) < 4.78 is 5.35. The van der Waals surface area contributed by atoms with Crippen LogP contribution < -0.4 is 10.2 Å². The number of anilines is 2. The smallest absolute Gasteiger partial charge is 0.0766 e. The van der Waals surface area contributed by atoms with Gasteiger partial charge < -0.3 is 15.0 Å². The van der Waals surface area contributed by atoms with Crippen LogP contribution in [0, 0.1) is 0 Å². The van der Waals surface area contributed by atoms with Crippen molar-refractivity contribution in [1.29, 1.82) is 0 Å². The largest absolute Gasteiger partial charge is 0.381 e. The van der Waals surface area contributed by atoms with Crippen LogP contribution in [0.15, 0.2) is 18.5 Å². The third-order valence-electron chi connectivity index (χ3n) is 2.86. The van der Waals surface area contributed by atoms with Crippen molar-refractivity contribution in [1.82, 2.24) is 4.98 Å². The number of hydrogen-bond acceptors (Lipinski definition) is 4. The zero-order valence-corrected chi connectivity index (χ0v) is 9.94. The van der Waals surface area contributed by atoms with Gasteiger partial charge in [-0.15, -0.1) is 0 Å². The highest BCUT2D eigenvalue weighted by Crippen LogP contribution is 2.24. The molecule has 0 aromatic carbocycles. The van der Waals surface area contributed by atoms with E-state index in [-0.39, 0.29) is 0 Å². The fraction of sp³-hybridized carbons (Fsp3) is 0.583. The SMILES string of the molecule is CN(C)c1ccncc1NC1CCOCC1. The van der Waals surface area contributed by atoms with Gasteiger partial charge in [0.05, 0.1) is 17.6 Å². The summed E-state index contributed by atoms with van der Waals surface area (Å²) in [5.74, 6) is 0. The van der Waals surface area contributed by atoms with E-state index in [1.54, 1.807) is 0 Å². The number of ether oxygens (including phenoxy) is 1. The molecule has 88 valence electrons. The highest BCUT2D eigenvalue weighted by atomic mass is 16.5. The Morgan fingerprint density at radius 1 is 1.38 bits per heavy atom. The Balaban J connectivity index is 2.07. The fourth-order valence-corrected chi connectivity index (χ4v) is 1.95. The van der Waals surface area contributed by atoms with E-state index in [0.717, 1.165) is 31.7 Å². The van der Waals surface area contributed by atoms with Gasteiger partial charge in [-0.1, -0.05) is 0 Å². The van der Waals surface area contributed by atoms with Gasteiger partial charge in [-0.25, -0.2) is 0 Å². The second kappa shape index (κ2) is 5.16. The van der Waals surface area contributed by atoms with Crippen LogP contribution in [0.2, 0.25) is 0 Å². The van der Waals surface area contributed by atoms with Crippen molar-refractivity contribution in [3.63, 3.8) is 0 Å². The topological polar surface area (TPSA) is 37.4 Å². The molecule has 2 heterocycles. The van der Waals surface area contributed by atoms with Crippen LogP contribution in [0.5, 0.6) is 0 Å². The Bertz CT molecular complexity index is 335. The van der Waals surface area contributed by atoms with Crippen LogP contribution in [-0.2, 0) is 4.74 Å². The minimum absolute atomic E-state index is 0.511. The summed E-state index contributed by atoms with van der Waals surface area (Å²) in [4.78, 5) is 6.27. The van der Waals surface area contributed by atoms with E-state index >= 15 is 0 Å². The maximum atomic E-state index is 5.35. The quantitative estimate of drug-likeness (QED) is 0.843. The van der Waals surface area contributed by atoms with Crippen molar-refractivity contribution >= 4 is 11.4 Å². The Morgan fingerprint density at radius 2 is 2.12 bits per heavy atom. The van der Waals surface area contributed by atoms with Crippen LogP contribution in [0.4, 0.5) is 11.4 Å². The van der Waals surface area contributed by atoms with Gasteiger partial charge in [0.1, 0.15) is 0 Å². The molecule has 0 amide bonds. The Hall–Kier alpha value is -1.29. The van der Waals surface area contributed by atoms with Gasteiger partial charge in [-0.3, -0.25) is 4.98 Å². The second-order valence-corrected chi connectivity index (χ2v) is 4.32. The molecule has 1 aromatic heterocycles. The summed E-state index contributed by atoms with van der Waals surface area (Å²) in [5.41, 5.74) is 2.29. The number of pyridine rings is 1. The number of rotatable bonds is 3. The van der Waals surface area contributed by atoms with Gasteiger partial charge in [-0.2, -0.15) is 0 Å². The lowest BCUT2D eigenvalue weighted by atomic mass is 10.1. The molecule has 1 aliphatic heterocycles. The number of hydrogen-bond donors (Lipinski definition) is 1. The zero-order valence-electron chi connectivity index (χ0n) is 9.94. The average Bonchev–Trinajstić information content (AvgIpc) is 2.31. The van der Waals surface area contributed by atoms with Crippen molar-refractivity contribution in [2.75, 3.05) is 37.5 Å². The summed E-state index contributed by atoms with van der Waals surface area (Å²) in [7, 11) is 4.09. The number of aromatic nitrogens is 1. The maximum Gasteiger partial charge on any atom is 0.0766 e. The van der Waals surface area contributed by atoms with E-state index in [0.29, 0.717) is 6.04 Å². The Kier molecular flexibility index (Phi) is 3.62. The van der Waals surface area contributed by atoms with Crippen molar-refractivity contribution in [2.24, 2.45) is 0 Å². The molecule has 0 bridgehead atoms. The molecule has 1 saturated heterocycles. The minimum atomic E-state index is 0.511. The van der Waals surface area contributed by atoms with E-state index in [2.05, 4.69) is 15.2 Å². The Labute approximate surface area is 96.6 Å². The minimum Gasteiger partial charge on any atom is -0.381 e. The van der Waals surface area contributed by atoms with E-state index in [4.69, 9.17) is 4.74 Å². The maximum absolute atomic E-state index is 5.35. The molecule has 0 spiro atoms. The van der Waals surface area contributed by atoms with Gasteiger partial charge >= 0.3 is 0 Å². The van der Waals surface area contributed by atoms with Crippen LogP contribution in [0.25, 0.3) is 0 Å². The molecule has 1 N–H and O–H groups in total. The highest BCUT2D eigenvalue weighted by Gasteiger charge is 2.15. The van der Waals surface area contributed by atoms with Crippen molar-refractivity contribution in [3.05, 3.63) is 18.5 Å². The molecule has 16 heavy (non-hydrogen) atoms. The molecule has 1 aliphatic rings. The van der Waals surface area contributed by atoms with Gasteiger partial charge in [-0.05, 0) is 18.9 Å². The van der Waals surface area contributed by atoms with Crippen molar-refractivity contribution in [3.8, 4) is 0 Å². The van der Waals surface area contributed by atoms with Gasteiger partial charge in [0.2, 0.25) is 0 Å². The summed E-state index contributed by atoms with van der Waals surface area (Å²) in [6, 6.07) is 2.54. The van der Waals surface area contributed by atoms with Gasteiger partial charge in [0.15, 0.2) is 0 Å². The zero-order chi connectivity index (χ0) is 11.4. The van der Waals surface area contributed by atoms with Crippen LogP contribution in [0.3, 0.4) is 0 Å². The van der Waals surface area contributed by atoms with Crippen LogP contribution >= 0.6 is 0 Å². The van der Waals surface area contributed by atoms with Crippen molar-refractivity contribution in [2.45, 2.75) is 18.9 Å². The van der Waals surface area contributed by atoms with Crippen molar-refractivity contribution < 1.29 is 4.74 Å². The standard InChI is InChI=1S/C12H19N3O/c1-15(2)12-3-6-13-9-11(12)14-10-4-7-16-8-5-10/h3,6,9-10,14H,4-5,7-8H2,1-2H3. The molecule has 0 saturated carbocycles. The first-order chi connectivity index (χ1) is 7.77. The number of nitrogens with one attached hydrogen (secondary N) is 1. The summed E-state index contributed by atoms with van der Waals surface area (Å²) in [6.07, 6.45) is 5.86. The second-order valence-electron chi connectivity index (χ2n) is 4.32. The lowest BCUT2D eigenvalue weighted by Crippen LogP contribution is -2.28. The predicted molar refractivity (Wildman–Crippen MR) is 66.0 cm³/mol. The van der Waals surface area contributed by atoms with Gasteiger partial charge in [0.25, 0.3) is 0 Å². The molecular formula is C12H19N3O. The monoisotopic (exact) mass is 221 g/mol. The first-order valence-electron chi connectivity index (χ1n) is 5.73. The molecule has 0 radical (unpaired) electrons. The Morgan fingerprint density at radius 3 is 2.81 bits per heavy atom. The van der Waals surface area contributed by atoms with E-state index in [1.165, 1.54) is 5.69 Å². The summed E-state index contributed by atoms with van der Waals surface area (Å²) in [5, 5.41) is 3.55. The lowest BCUT2D eigenvalue weighted by Gasteiger charge is -2.26. The normalized spacial score (nSPS) is 17.1. The van der Waals surface area contributed by atoms with E-state index in [1.807, 2.05) is 32.6 Å². The number of nitrogens with zero attached hydrogens (tertiary/aromatic N) is 2. The van der Waals surface area contributed by atoms with Crippen LogP contribution in [-0.4, -0.2) is 38.3 Å². The molecule has 4 heteroatoms. The fourth-order valence-electron chi connectivity index (χ4n) is 1.95. The highest BCUT2D eigenvalue weighted by molar-refractivity contribution is 5.68. The third-order valence-corrected chi connectivity index (χ3v) is 2.86. The summed E-state index contributed by atoms with van der Waals surface area (Å²) in [6.45, 7) is 1.71. The first kappa shape index (κ1) is 11.2. The molecule has 2 rings (SSSR count). The van der Waals surface area contributed by atoms with Crippen LogP contribution in [0.1, 0.15) is 12.8 Å². The molecule has 0 atom stereocenters. The molecule has 1 aromatic rings. The summed E-state index contributed by atoms with van der Waals surface area (Å²) >= 11 is 0. The molecular weight excluding hydrogens is 202 g/mol.